The van der Waals surface area contributed by atoms with Gasteiger partial charge in [-0.1, -0.05) is 23.7 Å². The van der Waals surface area contributed by atoms with Gasteiger partial charge in [-0.15, -0.1) is 0 Å². The molecule has 1 aromatic carbocycles. The molecule has 0 saturated carbocycles. The highest BCUT2D eigenvalue weighted by Crippen LogP contribution is 2.32. The van der Waals surface area contributed by atoms with E-state index in [4.69, 9.17) is 11.6 Å². The number of nitrogens with zero attached hydrogens (tertiary/aromatic N) is 4. The molecule has 27 heavy (non-hydrogen) atoms. The zero-order chi connectivity index (χ0) is 19.8. The maximum absolute atomic E-state index is 13.3. The molecule has 3 aromatic rings. The molecule has 0 spiro atoms. The second kappa shape index (κ2) is 7.19. The van der Waals surface area contributed by atoms with Crippen LogP contribution in [0.1, 0.15) is 29.9 Å². The zero-order valence-electron chi connectivity index (χ0n) is 14.8. The molecule has 0 aliphatic rings. The van der Waals surface area contributed by atoms with Gasteiger partial charge in [-0.25, -0.2) is 9.97 Å². The Morgan fingerprint density at radius 2 is 1.81 bits per heavy atom. The van der Waals surface area contributed by atoms with Crippen LogP contribution in [0.5, 0.6) is 0 Å². The average molecular weight is 396 g/mol. The summed E-state index contributed by atoms with van der Waals surface area (Å²) in [6.07, 6.45) is -2.78. The molecule has 0 unspecified atom stereocenters. The van der Waals surface area contributed by atoms with Crippen molar-refractivity contribution in [3.05, 3.63) is 58.5 Å². The molecule has 0 bridgehead atoms. The molecular weight excluding hydrogens is 379 g/mol. The van der Waals surface area contributed by atoms with E-state index < -0.39 is 11.9 Å². The Bertz CT molecular complexity index is 951. The predicted molar refractivity (Wildman–Crippen MR) is 97.5 cm³/mol. The summed E-state index contributed by atoms with van der Waals surface area (Å²) in [5.41, 5.74) is 1.29. The van der Waals surface area contributed by atoms with E-state index in [0.29, 0.717) is 10.6 Å². The van der Waals surface area contributed by atoms with E-state index in [-0.39, 0.29) is 17.7 Å². The van der Waals surface area contributed by atoms with Gasteiger partial charge in [-0.05, 0) is 32.0 Å². The van der Waals surface area contributed by atoms with Crippen LogP contribution in [0.25, 0.3) is 11.3 Å². The standard InChI is InChI=1S/C18H17ClF3N5/c1-10(14-9-27(3)26-11(14)2)23-17-24-15(8-16(25-17)18(20,21)22)12-4-6-13(19)7-5-12/h4-10H,1-3H3,(H,23,24,25)/t10-/m1/s1. The Morgan fingerprint density at radius 1 is 1.15 bits per heavy atom. The van der Waals surface area contributed by atoms with Crippen LogP contribution in [-0.4, -0.2) is 19.7 Å². The number of hydrogen-bond donors (Lipinski definition) is 1. The Hall–Kier alpha value is -2.61. The second-order valence-corrected chi connectivity index (χ2v) is 6.61. The van der Waals surface area contributed by atoms with E-state index in [1.807, 2.05) is 13.8 Å². The third kappa shape index (κ3) is 4.39. The first kappa shape index (κ1) is 19.2. The molecule has 1 atom stereocenters. The summed E-state index contributed by atoms with van der Waals surface area (Å²) in [5.74, 6) is -0.106. The highest BCUT2D eigenvalue weighted by Gasteiger charge is 2.34. The van der Waals surface area contributed by atoms with Gasteiger partial charge in [0.15, 0.2) is 5.69 Å². The molecule has 0 aliphatic heterocycles. The maximum Gasteiger partial charge on any atom is 0.433 e. The molecule has 0 amide bonds. The van der Waals surface area contributed by atoms with Crippen molar-refractivity contribution in [2.75, 3.05) is 5.32 Å². The van der Waals surface area contributed by atoms with Crippen LogP contribution >= 0.6 is 11.6 Å². The average Bonchev–Trinajstić information content (AvgIpc) is 2.93. The van der Waals surface area contributed by atoms with E-state index in [1.54, 1.807) is 42.2 Å². The number of halogens is 4. The number of rotatable bonds is 4. The molecule has 142 valence electrons. The van der Waals surface area contributed by atoms with E-state index >= 15 is 0 Å². The highest BCUT2D eigenvalue weighted by atomic mass is 35.5. The molecule has 1 N–H and O–H groups in total. The van der Waals surface area contributed by atoms with Gasteiger partial charge in [-0.3, -0.25) is 4.68 Å². The van der Waals surface area contributed by atoms with E-state index in [1.165, 1.54) is 0 Å². The van der Waals surface area contributed by atoms with Crippen molar-refractivity contribution in [1.29, 1.82) is 0 Å². The lowest BCUT2D eigenvalue weighted by atomic mass is 10.1. The lowest BCUT2D eigenvalue weighted by Gasteiger charge is -2.16. The van der Waals surface area contributed by atoms with Crippen molar-refractivity contribution in [3.63, 3.8) is 0 Å². The lowest BCUT2D eigenvalue weighted by Crippen LogP contribution is -2.15. The summed E-state index contributed by atoms with van der Waals surface area (Å²) < 4.78 is 41.6. The molecule has 5 nitrogen and oxygen atoms in total. The third-order valence-electron chi connectivity index (χ3n) is 4.02. The van der Waals surface area contributed by atoms with E-state index in [9.17, 15) is 13.2 Å². The first-order valence-corrected chi connectivity index (χ1v) is 8.50. The Balaban J connectivity index is 2.00. The molecule has 0 saturated heterocycles. The fourth-order valence-electron chi connectivity index (χ4n) is 2.74. The van der Waals surface area contributed by atoms with Crippen molar-refractivity contribution in [3.8, 4) is 11.3 Å². The summed E-state index contributed by atoms with van der Waals surface area (Å²) >= 11 is 5.85. The molecule has 0 aliphatic carbocycles. The number of anilines is 1. The summed E-state index contributed by atoms with van der Waals surface area (Å²) in [7, 11) is 1.78. The normalized spacial score (nSPS) is 12.9. The number of hydrogen-bond acceptors (Lipinski definition) is 4. The van der Waals surface area contributed by atoms with Gasteiger partial charge in [0.05, 0.1) is 17.4 Å². The molecular formula is C18H17ClF3N5. The smallest absolute Gasteiger partial charge is 0.348 e. The fourth-order valence-corrected chi connectivity index (χ4v) is 2.87. The van der Waals surface area contributed by atoms with Crippen LogP contribution in [0.3, 0.4) is 0 Å². The van der Waals surface area contributed by atoms with Gasteiger partial charge in [0.25, 0.3) is 0 Å². The SMILES string of the molecule is Cc1nn(C)cc1[C@@H](C)Nc1nc(-c2ccc(Cl)cc2)cc(C(F)(F)F)n1. The Kier molecular flexibility index (Phi) is 5.10. The van der Waals surface area contributed by atoms with Crippen molar-refractivity contribution in [2.24, 2.45) is 7.05 Å². The minimum atomic E-state index is -4.59. The molecule has 2 aromatic heterocycles. The molecule has 0 fully saturated rings. The number of aryl methyl sites for hydroxylation is 2. The fraction of sp³-hybridized carbons (Fsp3) is 0.278. The molecule has 0 radical (unpaired) electrons. The van der Waals surface area contributed by atoms with E-state index in [0.717, 1.165) is 17.3 Å². The van der Waals surface area contributed by atoms with Crippen LogP contribution in [-0.2, 0) is 13.2 Å². The van der Waals surface area contributed by atoms with E-state index in [2.05, 4.69) is 20.4 Å². The molecule has 2 heterocycles. The van der Waals surface area contributed by atoms with Crippen LogP contribution in [0.4, 0.5) is 19.1 Å². The number of nitrogens with one attached hydrogen (secondary N) is 1. The minimum Gasteiger partial charge on any atom is -0.348 e. The third-order valence-corrected chi connectivity index (χ3v) is 4.27. The van der Waals surface area contributed by atoms with Crippen LogP contribution in [0, 0.1) is 6.92 Å². The first-order valence-electron chi connectivity index (χ1n) is 8.12. The highest BCUT2D eigenvalue weighted by molar-refractivity contribution is 6.30. The topological polar surface area (TPSA) is 55.6 Å². The summed E-state index contributed by atoms with van der Waals surface area (Å²) in [6, 6.07) is 7.03. The quantitative estimate of drug-likeness (QED) is 0.673. The van der Waals surface area contributed by atoms with Crippen molar-refractivity contribution >= 4 is 17.5 Å². The summed E-state index contributed by atoms with van der Waals surface area (Å²) in [5, 5.41) is 7.68. The Labute approximate surface area is 159 Å². The van der Waals surface area contributed by atoms with Crippen LogP contribution < -0.4 is 5.32 Å². The van der Waals surface area contributed by atoms with Crippen LogP contribution in [0.15, 0.2) is 36.5 Å². The van der Waals surface area contributed by atoms with Crippen molar-refractivity contribution < 1.29 is 13.2 Å². The monoisotopic (exact) mass is 395 g/mol. The molecule has 9 heteroatoms. The van der Waals surface area contributed by atoms with Gasteiger partial charge >= 0.3 is 6.18 Å². The van der Waals surface area contributed by atoms with Crippen LogP contribution in [0.2, 0.25) is 5.02 Å². The van der Waals surface area contributed by atoms with Crippen molar-refractivity contribution in [2.45, 2.75) is 26.1 Å². The van der Waals surface area contributed by atoms with Gasteiger partial charge < -0.3 is 5.32 Å². The second-order valence-electron chi connectivity index (χ2n) is 6.18. The minimum absolute atomic E-state index is 0.106. The predicted octanol–water partition coefficient (Wildman–Crippen LogP) is 5.03. The summed E-state index contributed by atoms with van der Waals surface area (Å²) in [6.45, 7) is 3.65. The Morgan fingerprint density at radius 3 is 2.37 bits per heavy atom. The zero-order valence-corrected chi connectivity index (χ0v) is 15.6. The maximum atomic E-state index is 13.3. The summed E-state index contributed by atoms with van der Waals surface area (Å²) in [4.78, 5) is 7.91. The lowest BCUT2D eigenvalue weighted by molar-refractivity contribution is -0.141. The van der Waals surface area contributed by atoms with Gasteiger partial charge in [-0.2, -0.15) is 18.3 Å². The number of benzene rings is 1. The largest absolute Gasteiger partial charge is 0.433 e. The van der Waals surface area contributed by atoms with Gasteiger partial charge in [0.2, 0.25) is 5.95 Å². The van der Waals surface area contributed by atoms with Crippen molar-refractivity contribution in [1.82, 2.24) is 19.7 Å². The number of aromatic nitrogens is 4. The molecule has 3 rings (SSSR count). The first-order chi connectivity index (χ1) is 12.6. The van der Waals surface area contributed by atoms with Gasteiger partial charge in [0, 0.05) is 29.4 Å². The van der Waals surface area contributed by atoms with Gasteiger partial charge in [0.1, 0.15) is 0 Å². The number of alkyl halides is 3.